The molecule has 0 aliphatic carbocycles. The van der Waals surface area contributed by atoms with Gasteiger partial charge in [0, 0.05) is 30.5 Å². The van der Waals surface area contributed by atoms with Gasteiger partial charge in [-0.15, -0.1) is 6.58 Å². The highest BCUT2D eigenvalue weighted by atomic mass is 16.3. The predicted molar refractivity (Wildman–Crippen MR) is 154 cm³/mol. The van der Waals surface area contributed by atoms with Gasteiger partial charge in [-0.25, -0.2) is 4.98 Å². The van der Waals surface area contributed by atoms with Gasteiger partial charge >= 0.3 is 0 Å². The van der Waals surface area contributed by atoms with E-state index in [0.29, 0.717) is 45.8 Å². The highest BCUT2D eigenvalue weighted by molar-refractivity contribution is 6.03. The van der Waals surface area contributed by atoms with Gasteiger partial charge in [0.1, 0.15) is 17.6 Å². The number of nitrogens with one attached hydrogen (secondary N) is 2. The Morgan fingerprint density at radius 3 is 2.73 bits per heavy atom. The molecule has 3 aromatic heterocycles. The van der Waals surface area contributed by atoms with Crippen molar-refractivity contribution in [2.75, 3.05) is 17.6 Å². The smallest absolute Gasteiger partial charge is 0.264 e. The first-order chi connectivity index (χ1) is 19.4. The number of hydrogen-bond donors (Lipinski definition) is 3. The number of rotatable bonds is 7. The van der Waals surface area contributed by atoms with Gasteiger partial charge in [-0.2, -0.15) is 5.10 Å². The summed E-state index contributed by atoms with van der Waals surface area (Å²) >= 11 is 0. The predicted octanol–water partition coefficient (Wildman–Crippen LogP) is 3.78. The Labute approximate surface area is 230 Å². The van der Waals surface area contributed by atoms with E-state index < -0.39 is 11.9 Å². The number of carbonyl (C=O) groups excluding carboxylic acids is 1. The number of nitrogens with zero attached hydrogens (tertiary/aromatic N) is 4. The van der Waals surface area contributed by atoms with Crippen molar-refractivity contribution in [3.8, 4) is 17.5 Å². The molecule has 0 spiro atoms. The fourth-order valence-electron chi connectivity index (χ4n) is 4.54. The number of amides is 1. The van der Waals surface area contributed by atoms with Crippen molar-refractivity contribution in [1.82, 2.24) is 24.6 Å². The summed E-state index contributed by atoms with van der Waals surface area (Å²) in [4.78, 5) is 31.6. The lowest BCUT2D eigenvalue weighted by molar-refractivity contribution is 0.0940. The summed E-state index contributed by atoms with van der Waals surface area (Å²) in [6.45, 7) is 5.95. The van der Waals surface area contributed by atoms with Gasteiger partial charge < -0.3 is 20.8 Å². The van der Waals surface area contributed by atoms with Crippen molar-refractivity contribution in [2.24, 2.45) is 7.05 Å². The Kier molecular flexibility index (Phi) is 7.20. The Bertz CT molecular complexity index is 1820. The number of nitrogen functional groups attached to an aromatic ring is 1. The monoisotopic (exact) mass is 533 g/mol. The van der Waals surface area contributed by atoms with Crippen LogP contribution >= 0.6 is 0 Å². The zero-order valence-electron chi connectivity index (χ0n) is 22.0. The van der Waals surface area contributed by atoms with Crippen LogP contribution in [0.2, 0.25) is 0 Å². The number of benzene rings is 2. The van der Waals surface area contributed by atoms with Crippen LogP contribution in [0.3, 0.4) is 0 Å². The molecule has 0 aliphatic heterocycles. The molecule has 10 nitrogen and oxygen atoms in total. The minimum Gasteiger partial charge on any atom is -0.450 e. The molecule has 0 fully saturated rings. The van der Waals surface area contributed by atoms with E-state index in [1.54, 1.807) is 23.8 Å². The number of nitrogens with two attached hydrogens (primary N) is 1. The van der Waals surface area contributed by atoms with Gasteiger partial charge in [0.15, 0.2) is 17.9 Å². The second-order valence-corrected chi connectivity index (χ2v) is 9.04. The van der Waals surface area contributed by atoms with Crippen LogP contribution in [-0.4, -0.2) is 31.8 Å². The number of anilines is 2. The van der Waals surface area contributed by atoms with Crippen molar-refractivity contribution in [3.05, 3.63) is 113 Å². The lowest BCUT2D eigenvalue weighted by atomic mass is 10.0. The number of oxazole rings is 1. The molecule has 200 valence electrons. The fourth-order valence-corrected chi connectivity index (χ4v) is 4.54. The van der Waals surface area contributed by atoms with E-state index >= 15 is 0 Å². The normalized spacial score (nSPS) is 11.4. The average Bonchev–Trinajstić information content (AvgIpc) is 3.57. The minimum atomic E-state index is -0.582. The molecule has 0 aliphatic rings. The SMILES string of the molecule is C=CCNc1c(C(=O)NC(C)c2cc3cccc(C#Cc4cocn4)c3c(=O)n2-c2ccccc2)c(N)nn1C. The van der Waals surface area contributed by atoms with Crippen LogP contribution in [0.4, 0.5) is 11.6 Å². The lowest BCUT2D eigenvalue weighted by Gasteiger charge is -2.21. The Morgan fingerprint density at radius 2 is 2.00 bits per heavy atom. The summed E-state index contributed by atoms with van der Waals surface area (Å²) in [5, 5.41) is 11.4. The van der Waals surface area contributed by atoms with Gasteiger partial charge in [0.2, 0.25) is 0 Å². The number of carbonyl (C=O) groups is 1. The molecule has 0 saturated heterocycles. The van der Waals surface area contributed by atoms with E-state index in [-0.39, 0.29) is 16.9 Å². The Balaban J connectivity index is 1.62. The molecule has 2 aromatic carbocycles. The highest BCUT2D eigenvalue weighted by Crippen LogP contribution is 2.26. The Morgan fingerprint density at radius 1 is 1.20 bits per heavy atom. The van der Waals surface area contributed by atoms with E-state index in [4.69, 9.17) is 10.2 Å². The van der Waals surface area contributed by atoms with E-state index in [1.165, 1.54) is 17.3 Å². The summed E-state index contributed by atoms with van der Waals surface area (Å²) < 4.78 is 8.10. The molecule has 10 heteroatoms. The zero-order chi connectivity index (χ0) is 28.2. The third-order valence-electron chi connectivity index (χ3n) is 6.35. The molecule has 3 heterocycles. The summed E-state index contributed by atoms with van der Waals surface area (Å²) in [5.41, 5.74) is 8.30. The van der Waals surface area contributed by atoms with Crippen LogP contribution in [0.5, 0.6) is 0 Å². The number of para-hydroxylation sites is 1. The van der Waals surface area contributed by atoms with Gasteiger partial charge in [0.25, 0.3) is 11.5 Å². The molecule has 0 bridgehead atoms. The van der Waals surface area contributed by atoms with Crippen LogP contribution in [0, 0.1) is 11.8 Å². The molecule has 40 heavy (non-hydrogen) atoms. The second kappa shape index (κ2) is 11.0. The van der Waals surface area contributed by atoms with Crippen molar-refractivity contribution in [2.45, 2.75) is 13.0 Å². The molecule has 1 unspecified atom stereocenters. The summed E-state index contributed by atoms with van der Waals surface area (Å²) in [5.74, 6) is 6.12. The molecule has 0 radical (unpaired) electrons. The fraction of sp³-hybridized carbons (Fsp3) is 0.133. The number of hydrogen-bond acceptors (Lipinski definition) is 7. The standard InChI is InChI=1S/C30H27N7O3/c1-4-15-32-28-26(27(31)35-36(28)3)29(38)34-19(2)24-16-21-10-8-9-20(13-14-22-17-40-18-33-22)25(21)30(39)37(24)23-11-6-5-7-12-23/h4-12,16-19,32H,1,15H2,2-3H3,(H2,31,35)(H,34,38). The second-order valence-electron chi connectivity index (χ2n) is 9.04. The van der Waals surface area contributed by atoms with Crippen LogP contribution in [0.15, 0.2) is 89.1 Å². The summed E-state index contributed by atoms with van der Waals surface area (Å²) in [7, 11) is 1.70. The number of aryl methyl sites for hydroxylation is 1. The third kappa shape index (κ3) is 4.96. The lowest BCUT2D eigenvalue weighted by Crippen LogP contribution is -2.32. The van der Waals surface area contributed by atoms with Gasteiger partial charge in [-0.3, -0.25) is 18.8 Å². The summed E-state index contributed by atoms with van der Waals surface area (Å²) in [6, 6.07) is 16.0. The first-order valence-corrected chi connectivity index (χ1v) is 12.5. The molecule has 1 atom stereocenters. The first kappa shape index (κ1) is 26.1. The van der Waals surface area contributed by atoms with Crippen molar-refractivity contribution < 1.29 is 9.21 Å². The molecule has 0 saturated carbocycles. The Hall–Kier alpha value is -5.56. The van der Waals surface area contributed by atoms with Crippen LogP contribution in [0.1, 0.15) is 40.3 Å². The molecular weight excluding hydrogens is 506 g/mol. The quantitative estimate of drug-likeness (QED) is 0.214. The average molecular weight is 534 g/mol. The molecule has 5 rings (SSSR count). The summed E-state index contributed by atoms with van der Waals surface area (Å²) in [6.07, 6.45) is 4.41. The van der Waals surface area contributed by atoms with E-state index in [1.807, 2.05) is 55.5 Å². The van der Waals surface area contributed by atoms with Gasteiger partial charge in [0.05, 0.1) is 11.4 Å². The maximum atomic E-state index is 14.1. The third-order valence-corrected chi connectivity index (χ3v) is 6.35. The maximum Gasteiger partial charge on any atom is 0.264 e. The molecular formula is C30H27N7O3. The van der Waals surface area contributed by atoms with Gasteiger partial charge in [-0.1, -0.05) is 42.3 Å². The zero-order valence-corrected chi connectivity index (χ0v) is 22.0. The number of aromatic nitrogens is 4. The van der Waals surface area contributed by atoms with Crippen molar-refractivity contribution in [3.63, 3.8) is 0 Å². The van der Waals surface area contributed by atoms with Crippen molar-refractivity contribution in [1.29, 1.82) is 0 Å². The molecule has 5 aromatic rings. The highest BCUT2D eigenvalue weighted by Gasteiger charge is 2.25. The van der Waals surface area contributed by atoms with E-state index in [9.17, 15) is 9.59 Å². The topological polar surface area (TPSA) is 133 Å². The van der Waals surface area contributed by atoms with Crippen LogP contribution in [0.25, 0.3) is 16.5 Å². The van der Waals surface area contributed by atoms with E-state index in [0.717, 1.165) is 0 Å². The van der Waals surface area contributed by atoms with Crippen LogP contribution < -0.4 is 21.9 Å². The largest absolute Gasteiger partial charge is 0.450 e. The van der Waals surface area contributed by atoms with Gasteiger partial charge in [-0.05, 0) is 42.5 Å². The minimum absolute atomic E-state index is 0.0908. The number of pyridine rings is 1. The first-order valence-electron chi connectivity index (χ1n) is 12.5. The number of fused-ring (bicyclic) bond motifs is 1. The molecule has 1 amide bonds. The van der Waals surface area contributed by atoms with Crippen LogP contribution in [-0.2, 0) is 7.05 Å². The maximum absolute atomic E-state index is 14.1. The molecule has 4 N–H and O–H groups in total. The van der Waals surface area contributed by atoms with Crippen molar-refractivity contribution >= 4 is 28.3 Å². The van der Waals surface area contributed by atoms with E-state index in [2.05, 4.69) is 39.1 Å².